The number of Topliss-reactive ketones (excluding diaryl/α,β-unsaturated/α-hetero) is 1. The third-order valence-corrected chi connectivity index (χ3v) is 3.07. The van der Waals surface area contributed by atoms with Crippen molar-refractivity contribution in [2.75, 3.05) is 33.5 Å². The Morgan fingerprint density at radius 2 is 1.90 bits per heavy atom. The van der Waals surface area contributed by atoms with Gasteiger partial charge >= 0.3 is 19.9 Å². The van der Waals surface area contributed by atoms with E-state index in [2.05, 4.69) is 13.6 Å². The molecule has 0 aliphatic heterocycles. The maximum Gasteiger partial charge on any atom is 0.475 e. The largest absolute Gasteiger partial charge is 0.475 e. The highest BCUT2D eigenvalue weighted by atomic mass is 31.2. The minimum absolute atomic E-state index is 0.594. The third kappa shape index (κ3) is 7.56. The fourth-order valence-corrected chi connectivity index (χ4v) is 1.66. The van der Waals surface area contributed by atoms with Crippen molar-refractivity contribution >= 4 is 19.5 Å². The summed E-state index contributed by atoms with van der Waals surface area (Å²) in [4.78, 5) is 21.1. The van der Waals surface area contributed by atoms with Gasteiger partial charge in [-0.05, 0) is 0 Å². The van der Waals surface area contributed by atoms with Gasteiger partial charge in [0.2, 0.25) is 0 Å². The Kier molecular flexibility index (Phi) is 7.91. The maximum atomic E-state index is 11.8. The molecule has 0 bridgehead atoms. The molecule has 1 atom stereocenters. The fraction of sp³-hybridized carbons (Fsp3) is 0.750. The van der Waals surface area contributed by atoms with Crippen molar-refractivity contribution < 1.29 is 46.0 Å². The van der Waals surface area contributed by atoms with E-state index >= 15 is 0 Å². The summed E-state index contributed by atoms with van der Waals surface area (Å²) in [6.07, 6.45) is -5.03. The summed E-state index contributed by atoms with van der Waals surface area (Å²) in [5.41, 5.74) is 0. The number of ketones is 1. The number of nitrogens with one attached hydrogen (secondary N) is 1. The Hall–Kier alpha value is -1.00. The monoisotopic (exact) mass is 323 g/mol. The smallest absolute Gasteiger partial charge is 0.388 e. The first kappa shape index (κ1) is 19.0. The zero-order chi connectivity index (χ0) is 15.8. The van der Waals surface area contributed by atoms with Crippen LogP contribution < -0.4 is 5.32 Å². The van der Waals surface area contributed by atoms with Gasteiger partial charge in [-0.2, -0.15) is 13.2 Å². The quantitative estimate of drug-likeness (QED) is 0.454. The van der Waals surface area contributed by atoms with Crippen molar-refractivity contribution in [3.63, 3.8) is 0 Å². The summed E-state index contributed by atoms with van der Waals surface area (Å²) >= 11 is 0. The highest BCUT2D eigenvalue weighted by Crippen LogP contribution is 2.48. The van der Waals surface area contributed by atoms with Crippen molar-refractivity contribution in [1.82, 2.24) is 5.32 Å². The Morgan fingerprint density at radius 1 is 1.30 bits per heavy atom. The molecule has 0 aromatic rings. The number of halogens is 3. The standard InChI is InChI=1S/C8H13F3NO7P/c1-17-20(16,19-5-6(14)4-13)18-3-2-12-7(15)8(9,10)11/h13H,2-5H2,1H3,(H,12,15). The van der Waals surface area contributed by atoms with Gasteiger partial charge in [0.15, 0.2) is 5.78 Å². The molecule has 0 fully saturated rings. The van der Waals surface area contributed by atoms with Crippen LogP contribution in [0.3, 0.4) is 0 Å². The summed E-state index contributed by atoms with van der Waals surface area (Å²) in [5.74, 6) is -2.97. The van der Waals surface area contributed by atoms with Crippen LogP contribution in [0.15, 0.2) is 0 Å². The molecule has 0 rings (SSSR count). The minimum Gasteiger partial charge on any atom is -0.388 e. The molecule has 2 N–H and O–H groups in total. The number of aliphatic hydroxyl groups excluding tert-OH is 1. The van der Waals surface area contributed by atoms with Crippen LogP contribution in [0.5, 0.6) is 0 Å². The minimum atomic E-state index is -5.03. The second kappa shape index (κ2) is 8.32. The average Bonchev–Trinajstić information content (AvgIpc) is 2.39. The van der Waals surface area contributed by atoms with E-state index in [0.717, 1.165) is 7.11 Å². The van der Waals surface area contributed by atoms with Gasteiger partial charge in [-0.3, -0.25) is 23.2 Å². The Labute approximate surface area is 111 Å². The first-order chi connectivity index (χ1) is 9.14. The second-order valence-electron chi connectivity index (χ2n) is 3.19. The molecule has 0 heterocycles. The summed E-state index contributed by atoms with van der Waals surface area (Å²) in [6.45, 7) is -2.79. The molecular weight excluding hydrogens is 310 g/mol. The summed E-state index contributed by atoms with van der Waals surface area (Å²) in [6, 6.07) is 0. The van der Waals surface area contributed by atoms with Gasteiger partial charge in [-0.1, -0.05) is 0 Å². The van der Waals surface area contributed by atoms with Crippen LogP contribution in [0, 0.1) is 0 Å². The molecular formula is C8H13F3NO7P. The van der Waals surface area contributed by atoms with Crippen molar-refractivity contribution in [3.8, 4) is 0 Å². The van der Waals surface area contributed by atoms with Crippen molar-refractivity contribution in [2.24, 2.45) is 0 Å². The van der Waals surface area contributed by atoms with E-state index in [-0.39, 0.29) is 0 Å². The number of alkyl halides is 3. The molecule has 0 aliphatic carbocycles. The highest BCUT2D eigenvalue weighted by molar-refractivity contribution is 7.48. The van der Waals surface area contributed by atoms with Crippen LogP contribution >= 0.6 is 7.82 Å². The van der Waals surface area contributed by atoms with Gasteiger partial charge in [0.05, 0.1) is 6.61 Å². The van der Waals surface area contributed by atoms with Crippen molar-refractivity contribution in [2.45, 2.75) is 6.18 Å². The topological polar surface area (TPSA) is 111 Å². The molecule has 0 aromatic heterocycles. The first-order valence-electron chi connectivity index (χ1n) is 5.07. The molecule has 0 saturated carbocycles. The SMILES string of the molecule is COP(=O)(OCCNC(=O)C(F)(F)F)OCC(=O)CO. The molecule has 12 heteroatoms. The normalized spacial score (nSPS) is 14.7. The van der Waals surface area contributed by atoms with Crippen LogP contribution in [-0.2, 0) is 27.7 Å². The van der Waals surface area contributed by atoms with Crippen molar-refractivity contribution in [3.05, 3.63) is 0 Å². The molecule has 1 unspecified atom stereocenters. The molecule has 0 saturated heterocycles. The molecule has 0 spiro atoms. The zero-order valence-electron chi connectivity index (χ0n) is 10.3. The molecule has 0 radical (unpaired) electrons. The molecule has 118 valence electrons. The maximum absolute atomic E-state index is 11.8. The average molecular weight is 323 g/mol. The number of amides is 1. The van der Waals surface area contributed by atoms with Gasteiger partial charge in [0.1, 0.15) is 13.2 Å². The summed E-state index contributed by atoms with van der Waals surface area (Å²) in [5, 5.41) is 9.87. The number of rotatable bonds is 9. The number of carbonyl (C=O) groups is 2. The van der Waals surface area contributed by atoms with E-state index in [4.69, 9.17) is 5.11 Å². The number of aliphatic hydroxyl groups is 1. The number of phosphoric acid groups is 1. The van der Waals surface area contributed by atoms with Gasteiger partial charge in [-0.25, -0.2) is 4.57 Å². The lowest BCUT2D eigenvalue weighted by atomic mass is 10.5. The van der Waals surface area contributed by atoms with Crippen LogP contribution in [0.2, 0.25) is 0 Å². The fourth-order valence-electron chi connectivity index (χ4n) is 0.762. The lowest BCUT2D eigenvalue weighted by molar-refractivity contribution is -0.173. The number of phosphoric ester groups is 1. The second-order valence-corrected chi connectivity index (χ2v) is 4.96. The van der Waals surface area contributed by atoms with Crippen LogP contribution in [0.1, 0.15) is 0 Å². The molecule has 20 heavy (non-hydrogen) atoms. The van der Waals surface area contributed by atoms with Crippen LogP contribution in [0.25, 0.3) is 0 Å². The molecule has 8 nitrogen and oxygen atoms in total. The van der Waals surface area contributed by atoms with Crippen LogP contribution in [0.4, 0.5) is 13.2 Å². The van der Waals surface area contributed by atoms with E-state index in [9.17, 15) is 27.3 Å². The number of hydrogen-bond donors (Lipinski definition) is 2. The van der Waals surface area contributed by atoms with E-state index in [1.807, 2.05) is 0 Å². The predicted molar refractivity (Wildman–Crippen MR) is 57.7 cm³/mol. The zero-order valence-corrected chi connectivity index (χ0v) is 11.2. The van der Waals surface area contributed by atoms with E-state index in [1.165, 1.54) is 5.32 Å². The molecule has 1 amide bonds. The third-order valence-electron chi connectivity index (χ3n) is 1.68. The lowest BCUT2D eigenvalue weighted by Gasteiger charge is -2.15. The van der Waals surface area contributed by atoms with Crippen molar-refractivity contribution in [1.29, 1.82) is 0 Å². The lowest BCUT2D eigenvalue weighted by Crippen LogP contribution is -2.38. The first-order valence-corrected chi connectivity index (χ1v) is 6.53. The Morgan fingerprint density at radius 3 is 2.35 bits per heavy atom. The summed E-state index contributed by atoms with van der Waals surface area (Å²) in [7, 11) is -3.20. The van der Waals surface area contributed by atoms with E-state index in [0.29, 0.717) is 0 Å². The van der Waals surface area contributed by atoms with E-state index < -0.39 is 52.1 Å². The Balaban J connectivity index is 4.10. The van der Waals surface area contributed by atoms with Gasteiger partial charge in [0.25, 0.3) is 0 Å². The predicted octanol–water partition coefficient (Wildman–Crippen LogP) is 0.0140. The van der Waals surface area contributed by atoms with Gasteiger partial charge in [-0.15, -0.1) is 0 Å². The highest BCUT2D eigenvalue weighted by Gasteiger charge is 2.38. The van der Waals surface area contributed by atoms with E-state index in [1.54, 1.807) is 0 Å². The van der Waals surface area contributed by atoms with Gasteiger partial charge in [0, 0.05) is 13.7 Å². The Bertz CT molecular complexity index is 387. The molecule has 0 aliphatic rings. The number of hydrogen-bond acceptors (Lipinski definition) is 7. The summed E-state index contributed by atoms with van der Waals surface area (Å²) < 4.78 is 60.4. The van der Waals surface area contributed by atoms with Crippen LogP contribution in [-0.4, -0.2) is 56.4 Å². The number of carbonyl (C=O) groups excluding carboxylic acids is 2. The van der Waals surface area contributed by atoms with Gasteiger partial charge < -0.3 is 10.4 Å². The molecule has 0 aromatic carbocycles.